The Balaban J connectivity index is 2.53. The van der Waals surface area contributed by atoms with Crippen LogP contribution in [0.15, 0.2) is 28.7 Å². The van der Waals surface area contributed by atoms with Crippen molar-refractivity contribution in [1.29, 1.82) is 0 Å². The molecule has 0 radical (unpaired) electrons. The Bertz CT molecular complexity index is 577. The molecule has 24 heavy (non-hydrogen) atoms. The summed E-state index contributed by atoms with van der Waals surface area (Å²) >= 11 is 3.34. The molecule has 0 aliphatic heterocycles. The van der Waals surface area contributed by atoms with E-state index in [2.05, 4.69) is 26.6 Å². The van der Waals surface area contributed by atoms with Crippen LogP contribution in [0.4, 0.5) is 0 Å². The summed E-state index contributed by atoms with van der Waals surface area (Å²) in [6, 6.07) is 6.58. The number of carbonyl (C=O) groups is 3. The maximum atomic E-state index is 12.0. The molecule has 0 aromatic heterocycles. The molecule has 0 saturated carbocycles. The number of carboxylic acid groups (broad SMARTS) is 1. The predicted molar refractivity (Wildman–Crippen MR) is 94.4 cm³/mol. The fourth-order valence-electron chi connectivity index (χ4n) is 2.18. The van der Waals surface area contributed by atoms with Gasteiger partial charge in [0.25, 0.3) is 0 Å². The highest BCUT2D eigenvalue weighted by Gasteiger charge is 2.18. The zero-order valence-electron chi connectivity index (χ0n) is 13.7. The first kappa shape index (κ1) is 20.2. The molecule has 7 heteroatoms. The normalized spacial score (nSPS) is 11.6. The zero-order chi connectivity index (χ0) is 17.9. The molecule has 0 aliphatic rings. The van der Waals surface area contributed by atoms with Crippen molar-refractivity contribution in [3.8, 4) is 0 Å². The van der Waals surface area contributed by atoms with Gasteiger partial charge >= 0.3 is 5.97 Å². The van der Waals surface area contributed by atoms with E-state index in [1.165, 1.54) is 0 Å². The van der Waals surface area contributed by atoms with E-state index >= 15 is 0 Å². The van der Waals surface area contributed by atoms with Gasteiger partial charge in [0, 0.05) is 23.9 Å². The number of carboxylic acids is 1. The van der Waals surface area contributed by atoms with Gasteiger partial charge in [-0.05, 0) is 30.5 Å². The van der Waals surface area contributed by atoms with E-state index in [1.54, 1.807) is 18.2 Å². The fourth-order valence-corrected chi connectivity index (χ4v) is 2.60. The van der Waals surface area contributed by atoms with Crippen LogP contribution < -0.4 is 10.6 Å². The topological polar surface area (TPSA) is 95.5 Å². The summed E-state index contributed by atoms with van der Waals surface area (Å²) in [5.74, 6) is -1.32. The molecule has 132 valence electrons. The molecule has 0 spiro atoms. The van der Waals surface area contributed by atoms with Gasteiger partial charge in [-0.2, -0.15) is 0 Å². The molecule has 2 amide bonds. The maximum Gasteiger partial charge on any atom is 0.305 e. The monoisotopic (exact) mass is 398 g/mol. The van der Waals surface area contributed by atoms with Crippen LogP contribution >= 0.6 is 15.9 Å². The maximum absolute atomic E-state index is 12.0. The molecule has 1 atom stereocenters. The lowest BCUT2D eigenvalue weighted by Crippen LogP contribution is -2.30. The van der Waals surface area contributed by atoms with Crippen molar-refractivity contribution in [2.24, 2.45) is 0 Å². The predicted octanol–water partition coefficient (Wildman–Crippen LogP) is 2.78. The Labute approximate surface area is 150 Å². The van der Waals surface area contributed by atoms with Crippen molar-refractivity contribution >= 4 is 33.7 Å². The van der Waals surface area contributed by atoms with Gasteiger partial charge in [0.2, 0.25) is 11.8 Å². The third kappa shape index (κ3) is 8.10. The molecule has 1 aromatic rings. The number of hydrogen-bond donors (Lipinski definition) is 3. The third-order valence-corrected chi connectivity index (χ3v) is 3.84. The summed E-state index contributed by atoms with van der Waals surface area (Å²) in [7, 11) is 0. The number of aliphatic carboxylic acids is 1. The third-order valence-electron chi connectivity index (χ3n) is 3.34. The Hall–Kier alpha value is -1.89. The lowest BCUT2D eigenvalue weighted by atomic mass is 10.0. The van der Waals surface area contributed by atoms with E-state index < -0.39 is 12.0 Å². The van der Waals surface area contributed by atoms with Crippen LogP contribution in [0, 0.1) is 0 Å². The average molecular weight is 399 g/mol. The molecular formula is C17H23BrN2O4. The molecule has 0 bridgehead atoms. The highest BCUT2D eigenvalue weighted by Crippen LogP contribution is 2.21. The SMILES string of the molecule is CCCNC(=O)CCCC(=O)NC(CC(=O)O)c1cccc(Br)c1. The highest BCUT2D eigenvalue weighted by molar-refractivity contribution is 9.10. The van der Waals surface area contributed by atoms with Crippen molar-refractivity contribution in [2.45, 2.75) is 45.1 Å². The fraction of sp³-hybridized carbons (Fsp3) is 0.471. The molecule has 3 N–H and O–H groups in total. The Morgan fingerprint density at radius 2 is 1.92 bits per heavy atom. The van der Waals surface area contributed by atoms with Crippen molar-refractivity contribution in [3.63, 3.8) is 0 Å². The van der Waals surface area contributed by atoms with Crippen molar-refractivity contribution in [2.75, 3.05) is 6.54 Å². The van der Waals surface area contributed by atoms with E-state index in [0.717, 1.165) is 16.5 Å². The lowest BCUT2D eigenvalue weighted by molar-refractivity contribution is -0.137. The quantitative estimate of drug-likeness (QED) is 0.564. The van der Waals surface area contributed by atoms with Crippen LogP contribution in [-0.2, 0) is 14.4 Å². The second-order valence-electron chi connectivity index (χ2n) is 5.48. The number of carbonyl (C=O) groups excluding carboxylic acids is 2. The van der Waals surface area contributed by atoms with Crippen LogP contribution in [0.2, 0.25) is 0 Å². The molecular weight excluding hydrogens is 376 g/mol. The molecule has 0 aliphatic carbocycles. The van der Waals surface area contributed by atoms with Crippen molar-refractivity contribution in [1.82, 2.24) is 10.6 Å². The minimum Gasteiger partial charge on any atom is -0.481 e. The molecule has 1 unspecified atom stereocenters. The smallest absolute Gasteiger partial charge is 0.305 e. The number of halogens is 1. The van der Waals surface area contributed by atoms with Gasteiger partial charge in [-0.3, -0.25) is 14.4 Å². The second kappa shape index (κ2) is 10.8. The summed E-state index contributed by atoms with van der Waals surface area (Å²) in [6.07, 6.45) is 1.58. The largest absolute Gasteiger partial charge is 0.481 e. The van der Waals surface area contributed by atoms with Crippen LogP contribution in [0.5, 0.6) is 0 Å². The van der Waals surface area contributed by atoms with Gasteiger partial charge in [0.05, 0.1) is 12.5 Å². The van der Waals surface area contributed by atoms with Crippen molar-refractivity contribution < 1.29 is 19.5 Å². The summed E-state index contributed by atoms with van der Waals surface area (Å²) in [5, 5.41) is 14.5. The molecule has 0 heterocycles. The highest BCUT2D eigenvalue weighted by atomic mass is 79.9. The number of amides is 2. The molecule has 1 rings (SSSR count). The van der Waals surface area contributed by atoms with Crippen LogP contribution in [0.3, 0.4) is 0 Å². The summed E-state index contributed by atoms with van der Waals surface area (Å²) in [6.45, 7) is 2.60. The first-order valence-electron chi connectivity index (χ1n) is 7.95. The Kier molecular flexibility index (Phi) is 9.07. The zero-order valence-corrected chi connectivity index (χ0v) is 15.3. The van der Waals surface area contributed by atoms with E-state index in [1.807, 2.05) is 13.0 Å². The Morgan fingerprint density at radius 3 is 2.54 bits per heavy atom. The first-order valence-corrected chi connectivity index (χ1v) is 8.75. The standard InChI is InChI=1S/C17H23BrN2O4/c1-2-9-19-15(21)7-4-8-16(22)20-14(11-17(23)24)12-5-3-6-13(18)10-12/h3,5-6,10,14H,2,4,7-9,11H2,1H3,(H,19,21)(H,20,22)(H,23,24). The van der Waals surface area contributed by atoms with Gasteiger partial charge in [-0.1, -0.05) is 35.0 Å². The van der Waals surface area contributed by atoms with Gasteiger partial charge in [0.1, 0.15) is 0 Å². The second-order valence-corrected chi connectivity index (χ2v) is 6.39. The first-order chi connectivity index (χ1) is 11.4. The minimum absolute atomic E-state index is 0.0706. The molecule has 1 aromatic carbocycles. The van der Waals surface area contributed by atoms with Gasteiger partial charge in [0.15, 0.2) is 0 Å². The van der Waals surface area contributed by atoms with E-state index in [0.29, 0.717) is 13.0 Å². The molecule has 0 saturated heterocycles. The minimum atomic E-state index is -0.987. The number of hydrogen-bond acceptors (Lipinski definition) is 3. The van der Waals surface area contributed by atoms with Gasteiger partial charge < -0.3 is 15.7 Å². The van der Waals surface area contributed by atoms with E-state index in [9.17, 15) is 14.4 Å². The average Bonchev–Trinajstić information content (AvgIpc) is 2.52. The van der Waals surface area contributed by atoms with E-state index in [-0.39, 0.29) is 31.1 Å². The van der Waals surface area contributed by atoms with Crippen LogP contribution in [0.25, 0.3) is 0 Å². The lowest BCUT2D eigenvalue weighted by Gasteiger charge is -2.18. The molecule has 0 fully saturated rings. The van der Waals surface area contributed by atoms with Crippen LogP contribution in [0.1, 0.15) is 50.6 Å². The summed E-state index contributed by atoms with van der Waals surface area (Å²) in [5.41, 5.74) is 0.723. The van der Waals surface area contributed by atoms with Gasteiger partial charge in [-0.25, -0.2) is 0 Å². The summed E-state index contributed by atoms with van der Waals surface area (Å²) < 4.78 is 0.817. The molecule has 6 nitrogen and oxygen atoms in total. The summed E-state index contributed by atoms with van der Waals surface area (Å²) in [4.78, 5) is 34.6. The van der Waals surface area contributed by atoms with E-state index in [4.69, 9.17) is 5.11 Å². The van der Waals surface area contributed by atoms with Crippen LogP contribution in [-0.4, -0.2) is 29.4 Å². The Morgan fingerprint density at radius 1 is 1.21 bits per heavy atom. The number of benzene rings is 1. The number of rotatable bonds is 10. The number of nitrogens with one attached hydrogen (secondary N) is 2. The van der Waals surface area contributed by atoms with Gasteiger partial charge in [-0.15, -0.1) is 0 Å². The van der Waals surface area contributed by atoms with Crippen molar-refractivity contribution in [3.05, 3.63) is 34.3 Å².